The number of rotatable bonds is 5. The number of halogens is 1. The molecule has 3 aromatic rings. The van der Waals surface area contributed by atoms with Crippen molar-refractivity contribution in [3.05, 3.63) is 28.5 Å². The van der Waals surface area contributed by atoms with Crippen molar-refractivity contribution in [3.63, 3.8) is 0 Å². The van der Waals surface area contributed by atoms with Crippen LogP contribution in [0.15, 0.2) is 22.8 Å². The highest BCUT2D eigenvalue weighted by atomic mass is 79.9. The molecule has 1 aliphatic rings. The molecular formula is C21H28BrN9O. The molecule has 170 valence electrons. The van der Waals surface area contributed by atoms with E-state index in [1.165, 1.54) is 0 Å². The highest BCUT2D eigenvalue weighted by Crippen LogP contribution is 2.31. The Kier molecular flexibility index (Phi) is 6.04. The SMILES string of the molecule is CC(C)(C)n1cc2cc(Nc3nc(N[C@@H]4CCCC[C@@H]4N)nnc3C(N)=O)cc(Br)c2n1. The van der Waals surface area contributed by atoms with E-state index in [0.29, 0.717) is 11.6 Å². The van der Waals surface area contributed by atoms with E-state index in [0.717, 1.165) is 41.1 Å². The van der Waals surface area contributed by atoms with E-state index in [4.69, 9.17) is 11.5 Å². The fourth-order valence-electron chi connectivity index (χ4n) is 3.79. The van der Waals surface area contributed by atoms with Crippen LogP contribution >= 0.6 is 15.9 Å². The Balaban J connectivity index is 1.66. The van der Waals surface area contributed by atoms with Crippen LogP contribution in [-0.4, -0.2) is 43.0 Å². The highest BCUT2D eigenvalue weighted by molar-refractivity contribution is 9.10. The monoisotopic (exact) mass is 501 g/mol. The second-order valence-corrected chi connectivity index (χ2v) is 10.0. The number of carbonyl (C=O) groups excluding carboxylic acids is 1. The van der Waals surface area contributed by atoms with Crippen LogP contribution in [0.5, 0.6) is 0 Å². The van der Waals surface area contributed by atoms with Gasteiger partial charge in [0.15, 0.2) is 11.5 Å². The van der Waals surface area contributed by atoms with Gasteiger partial charge in [-0.05, 0) is 61.7 Å². The minimum atomic E-state index is -0.714. The molecule has 1 fully saturated rings. The summed E-state index contributed by atoms with van der Waals surface area (Å²) >= 11 is 3.59. The average Bonchev–Trinajstić information content (AvgIpc) is 3.15. The van der Waals surface area contributed by atoms with E-state index in [9.17, 15) is 4.79 Å². The zero-order valence-corrected chi connectivity index (χ0v) is 20.0. The Morgan fingerprint density at radius 3 is 2.66 bits per heavy atom. The summed E-state index contributed by atoms with van der Waals surface area (Å²) in [5.41, 5.74) is 13.1. The Morgan fingerprint density at radius 2 is 1.97 bits per heavy atom. The molecule has 2 aromatic heterocycles. The number of carbonyl (C=O) groups is 1. The number of aromatic nitrogens is 5. The maximum Gasteiger partial charge on any atom is 0.273 e. The lowest BCUT2D eigenvalue weighted by Gasteiger charge is -2.29. The summed E-state index contributed by atoms with van der Waals surface area (Å²) in [6.07, 6.45) is 6.09. The van der Waals surface area contributed by atoms with E-state index in [-0.39, 0.29) is 29.1 Å². The fraction of sp³-hybridized carbons (Fsp3) is 0.476. The molecule has 2 atom stereocenters. The molecule has 1 aliphatic carbocycles. The first-order valence-electron chi connectivity index (χ1n) is 10.6. The third-order valence-corrected chi connectivity index (χ3v) is 6.17. The molecule has 32 heavy (non-hydrogen) atoms. The maximum absolute atomic E-state index is 11.9. The van der Waals surface area contributed by atoms with Crippen LogP contribution < -0.4 is 22.1 Å². The average molecular weight is 502 g/mol. The minimum Gasteiger partial charge on any atom is -0.364 e. The van der Waals surface area contributed by atoms with Crippen LogP contribution in [0.4, 0.5) is 17.5 Å². The summed E-state index contributed by atoms with van der Waals surface area (Å²) < 4.78 is 2.73. The molecule has 0 saturated heterocycles. The molecule has 1 aromatic carbocycles. The van der Waals surface area contributed by atoms with E-state index in [2.05, 4.69) is 67.6 Å². The molecule has 6 N–H and O–H groups in total. The molecule has 10 nitrogen and oxygen atoms in total. The van der Waals surface area contributed by atoms with Crippen molar-refractivity contribution in [1.82, 2.24) is 25.0 Å². The molecule has 11 heteroatoms. The molecule has 1 amide bonds. The van der Waals surface area contributed by atoms with Gasteiger partial charge in [0.1, 0.15) is 5.52 Å². The molecule has 0 bridgehead atoms. The van der Waals surface area contributed by atoms with Crippen molar-refractivity contribution in [2.45, 2.75) is 64.1 Å². The van der Waals surface area contributed by atoms with Gasteiger partial charge in [-0.15, -0.1) is 10.2 Å². The minimum absolute atomic E-state index is 0.0253. The van der Waals surface area contributed by atoms with Gasteiger partial charge in [0, 0.05) is 33.8 Å². The lowest BCUT2D eigenvalue weighted by atomic mass is 9.91. The Morgan fingerprint density at radius 1 is 1.22 bits per heavy atom. The second-order valence-electron chi connectivity index (χ2n) is 9.16. The lowest BCUT2D eigenvalue weighted by molar-refractivity contribution is 0.0995. The smallest absolute Gasteiger partial charge is 0.273 e. The number of benzene rings is 1. The molecule has 0 spiro atoms. The molecule has 0 radical (unpaired) electrons. The summed E-state index contributed by atoms with van der Waals surface area (Å²) in [6.45, 7) is 6.26. The largest absolute Gasteiger partial charge is 0.364 e. The van der Waals surface area contributed by atoms with Gasteiger partial charge in [-0.3, -0.25) is 9.48 Å². The highest BCUT2D eigenvalue weighted by Gasteiger charge is 2.24. The lowest BCUT2D eigenvalue weighted by Crippen LogP contribution is -2.43. The predicted octanol–water partition coefficient (Wildman–Crippen LogP) is 3.26. The van der Waals surface area contributed by atoms with Gasteiger partial charge in [-0.1, -0.05) is 12.8 Å². The van der Waals surface area contributed by atoms with E-state index >= 15 is 0 Å². The van der Waals surface area contributed by atoms with Crippen molar-refractivity contribution < 1.29 is 4.79 Å². The molecule has 0 aliphatic heterocycles. The number of anilines is 3. The Hall–Kier alpha value is -2.79. The molecule has 0 unspecified atom stereocenters. The van der Waals surface area contributed by atoms with Crippen LogP contribution in [0.3, 0.4) is 0 Å². The van der Waals surface area contributed by atoms with Crippen molar-refractivity contribution in [2.24, 2.45) is 11.5 Å². The number of hydrogen-bond acceptors (Lipinski definition) is 8. The van der Waals surface area contributed by atoms with Gasteiger partial charge in [-0.2, -0.15) is 10.1 Å². The first-order valence-corrected chi connectivity index (χ1v) is 11.4. The van der Waals surface area contributed by atoms with Crippen LogP contribution in [0.25, 0.3) is 10.9 Å². The summed E-state index contributed by atoms with van der Waals surface area (Å²) in [5.74, 6) is -0.177. The molecular weight excluding hydrogens is 474 g/mol. The van der Waals surface area contributed by atoms with Gasteiger partial charge in [-0.25, -0.2) is 0 Å². The number of primary amides is 1. The summed E-state index contributed by atoms with van der Waals surface area (Å²) in [6, 6.07) is 3.90. The Labute approximate surface area is 194 Å². The first-order chi connectivity index (χ1) is 15.1. The third kappa shape index (κ3) is 4.68. The van der Waals surface area contributed by atoms with Crippen LogP contribution in [0.2, 0.25) is 0 Å². The van der Waals surface area contributed by atoms with Gasteiger partial charge in [0.05, 0.1) is 5.54 Å². The second kappa shape index (κ2) is 8.62. The number of fused-ring (bicyclic) bond motifs is 1. The maximum atomic E-state index is 11.9. The Bertz CT molecular complexity index is 1150. The van der Waals surface area contributed by atoms with Gasteiger partial charge >= 0.3 is 0 Å². The number of hydrogen-bond donors (Lipinski definition) is 4. The predicted molar refractivity (Wildman–Crippen MR) is 128 cm³/mol. The van der Waals surface area contributed by atoms with Gasteiger partial charge < -0.3 is 22.1 Å². The van der Waals surface area contributed by atoms with Gasteiger partial charge in [0.25, 0.3) is 5.91 Å². The zero-order valence-electron chi connectivity index (χ0n) is 18.4. The number of nitrogens with two attached hydrogens (primary N) is 2. The van der Waals surface area contributed by atoms with Crippen LogP contribution in [0.1, 0.15) is 56.9 Å². The quantitative estimate of drug-likeness (QED) is 0.415. The summed E-state index contributed by atoms with van der Waals surface area (Å²) in [7, 11) is 0. The fourth-order valence-corrected chi connectivity index (χ4v) is 4.34. The number of nitrogens with one attached hydrogen (secondary N) is 2. The van der Waals surface area contributed by atoms with Gasteiger partial charge in [0.2, 0.25) is 5.95 Å². The van der Waals surface area contributed by atoms with Crippen molar-refractivity contribution in [1.29, 1.82) is 0 Å². The van der Waals surface area contributed by atoms with Crippen molar-refractivity contribution >= 4 is 50.2 Å². The zero-order chi connectivity index (χ0) is 23.0. The first kappa shape index (κ1) is 22.4. The number of nitrogens with zero attached hydrogens (tertiary/aromatic N) is 5. The standard InChI is InChI=1S/C21H28BrN9O/c1-21(2,3)31-10-11-8-12(9-13(22)16(11)30-31)25-19-17(18(24)32)28-29-20(27-19)26-15-7-5-4-6-14(15)23/h8-10,14-15H,4-7,23H2,1-3H3,(H2,24,32)(H2,25,26,27,29)/t14-,15+/m0/s1. The number of amides is 1. The third-order valence-electron chi connectivity index (χ3n) is 5.57. The molecule has 4 rings (SSSR count). The normalized spacial score (nSPS) is 19.2. The molecule has 2 heterocycles. The summed E-state index contributed by atoms with van der Waals surface area (Å²) in [5, 5.41) is 20.1. The molecule has 1 saturated carbocycles. The summed E-state index contributed by atoms with van der Waals surface area (Å²) in [4.78, 5) is 16.4. The van der Waals surface area contributed by atoms with E-state index in [1.807, 2.05) is 23.0 Å². The van der Waals surface area contributed by atoms with Crippen LogP contribution in [-0.2, 0) is 5.54 Å². The van der Waals surface area contributed by atoms with Crippen molar-refractivity contribution in [3.8, 4) is 0 Å². The van der Waals surface area contributed by atoms with E-state index in [1.54, 1.807) is 0 Å². The van der Waals surface area contributed by atoms with Crippen molar-refractivity contribution in [2.75, 3.05) is 10.6 Å². The topological polar surface area (TPSA) is 150 Å². The van der Waals surface area contributed by atoms with Crippen LogP contribution in [0, 0.1) is 0 Å². The van der Waals surface area contributed by atoms with E-state index < -0.39 is 5.91 Å².